The average molecular weight is 218 g/mol. The largest absolute Gasteiger partial charge is 0.480 e. The summed E-state index contributed by atoms with van der Waals surface area (Å²) in [4.78, 5) is 16.4. The summed E-state index contributed by atoms with van der Waals surface area (Å²) < 4.78 is 0. The number of rotatable bonds is 5. The lowest BCUT2D eigenvalue weighted by Gasteiger charge is -2.16. The Morgan fingerprint density at radius 3 is 2.69 bits per heavy atom. The maximum Gasteiger partial charge on any atom is 0.323 e. The number of likely N-dealkylation sites (N-methyl/N-ethyl adjacent to an activating group) is 1. The second-order valence-electron chi connectivity index (χ2n) is 3.34. The zero-order chi connectivity index (χ0) is 12.1. The number of nitrogens with zero attached hydrogens (tertiary/aromatic N) is 2. The molecule has 84 valence electrons. The number of hydrogen-bond acceptors (Lipinski definition) is 3. The van der Waals surface area contributed by atoms with Crippen LogP contribution < -0.4 is 4.90 Å². The summed E-state index contributed by atoms with van der Waals surface area (Å²) in [7, 11) is 1.68. The van der Waals surface area contributed by atoms with Crippen molar-refractivity contribution in [3.8, 4) is 0 Å². The summed E-state index contributed by atoms with van der Waals surface area (Å²) in [6, 6.07) is 3.61. The summed E-state index contributed by atoms with van der Waals surface area (Å²) in [5.74, 6) is -0.303. The molecule has 4 nitrogen and oxygen atoms in total. The van der Waals surface area contributed by atoms with Gasteiger partial charge in [0.1, 0.15) is 12.4 Å². The Balaban J connectivity index is 3.06. The van der Waals surface area contributed by atoms with Crippen LogP contribution in [0.25, 0.3) is 12.2 Å². The number of hydrogen-bond donors (Lipinski definition) is 1. The first kappa shape index (κ1) is 12.0. The Labute approximate surface area is 94.5 Å². The molecule has 0 saturated carbocycles. The first-order chi connectivity index (χ1) is 7.56. The Morgan fingerprint density at radius 2 is 2.19 bits per heavy atom. The number of aliphatic carboxylic acids is 1. The first-order valence-electron chi connectivity index (χ1n) is 4.76. The standard InChI is InChI=1S/C12H14N2O2/c1-4-9-6-10(5-2)13-11(7-9)14(3)8-12(15)16/h4-7H,1-2,8H2,3H3,(H,15,16). The molecule has 0 atom stereocenters. The third-order valence-electron chi connectivity index (χ3n) is 2.06. The van der Waals surface area contributed by atoms with E-state index in [0.29, 0.717) is 11.5 Å². The van der Waals surface area contributed by atoms with Crippen LogP contribution in [0.5, 0.6) is 0 Å². The van der Waals surface area contributed by atoms with Crippen LogP contribution in [0.4, 0.5) is 5.82 Å². The maximum atomic E-state index is 10.6. The van der Waals surface area contributed by atoms with E-state index in [1.54, 1.807) is 30.2 Å². The molecule has 0 aliphatic carbocycles. The lowest BCUT2D eigenvalue weighted by molar-refractivity contribution is -0.135. The van der Waals surface area contributed by atoms with Gasteiger partial charge in [0.15, 0.2) is 0 Å². The van der Waals surface area contributed by atoms with Gasteiger partial charge in [0.25, 0.3) is 0 Å². The molecule has 0 aliphatic heterocycles. The molecule has 0 aromatic carbocycles. The van der Waals surface area contributed by atoms with Gasteiger partial charge in [-0.25, -0.2) is 4.98 Å². The minimum Gasteiger partial charge on any atom is -0.480 e. The third kappa shape index (κ3) is 2.95. The molecule has 1 rings (SSSR count). The van der Waals surface area contributed by atoms with Crippen LogP contribution in [0.2, 0.25) is 0 Å². The van der Waals surface area contributed by atoms with Gasteiger partial charge in [-0.15, -0.1) is 0 Å². The van der Waals surface area contributed by atoms with E-state index in [1.165, 1.54) is 0 Å². The highest BCUT2D eigenvalue weighted by Crippen LogP contribution is 2.15. The second-order valence-corrected chi connectivity index (χ2v) is 3.34. The zero-order valence-corrected chi connectivity index (χ0v) is 9.18. The fraction of sp³-hybridized carbons (Fsp3) is 0.167. The summed E-state index contributed by atoms with van der Waals surface area (Å²) >= 11 is 0. The van der Waals surface area contributed by atoms with Gasteiger partial charge in [-0.3, -0.25) is 4.79 Å². The predicted molar refractivity (Wildman–Crippen MR) is 65.3 cm³/mol. The Hall–Kier alpha value is -2.10. The molecule has 0 saturated heterocycles. The van der Waals surface area contributed by atoms with Gasteiger partial charge in [0, 0.05) is 7.05 Å². The number of carbonyl (C=O) groups is 1. The number of carboxylic acids is 1. The van der Waals surface area contributed by atoms with Crippen molar-refractivity contribution >= 4 is 23.9 Å². The molecule has 1 aromatic rings. The lowest BCUT2D eigenvalue weighted by atomic mass is 10.2. The predicted octanol–water partition coefficient (Wildman–Crippen LogP) is 1.89. The van der Waals surface area contributed by atoms with Crippen molar-refractivity contribution in [3.05, 3.63) is 36.5 Å². The molecule has 0 fully saturated rings. The SMILES string of the molecule is C=Cc1cc(C=C)nc(N(C)CC(=O)O)c1. The molecule has 0 aliphatic rings. The molecule has 0 unspecified atom stereocenters. The Kier molecular flexibility index (Phi) is 3.83. The molecule has 1 N–H and O–H groups in total. The van der Waals surface area contributed by atoms with Crippen LogP contribution in [0.3, 0.4) is 0 Å². The van der Waals surface area contributed by atoms with E-state index >= 15 is 0 Å². The van der Waals surface area contributed by atoms with Crippen molar-refractivity contribution in [1.82, 2.24) is 4.98 Å². The van der Waals surface area contributed by atoms with Crippen LogP contribution in [0, 0.1) is 0 Å². The van der Waals surface area contributed by atoms with E-state index < -0.39 is 5.97 Å². The summed E-state index contributed by atoms with van der Waals surface area (Å²) in [5, 5.41) is 8.69. The van der Waals surface area contributed by atoms with Gasteiger partial charge in [-0.1, -0.05) is 19.2 Å². The van der Waals surface area contributed by atoms with E-state index in [2.05, 4.69) is 18.1 Å². The summed E-state index contributed by atoms with van der Waals surface area (Å²) in [6.07, 6.45) is 3.30. The quantitative estimate of drug-likeness (QED) is 0.820. The van der Waals surface area contributed by atoms with Gasteiger partial charge in [-0.05, 0) is 23.8 Å². The first-order valence-corrected chi connectivity index (χ1v) is 4.76. The second kappa shape index (κ2) is 5.11. The molecular formula is C12H14N2O2. The van der Waals surface area contributed by atoms with Crippen molar-refractivity contribution in [2.24, 2.45) is 0 Å². The number of aromatic nitrogens is 1. The zero-order valence-electron chi connectivity index (χ0n) is 9.18. The van der Waals surface area contributed by atoms with Crippen molar-refractivity contribution in [2.45, 2.75) is 0 Å². The van der Waals surface area contributed by atoms with Crippen molar-refractivity contribution in [2.75, 3.05) is 18.5 Å². The number of carboxylic acid groups (broad SMARTS) is 1. The Morgan fingerprint density at radius 1 is 1.50 bits per heavy atom. The lowest BCUT2D eigenvalue weighted by Crippen LogP contribution is -2.26. The highest BCUT2D eigenvalue weighted by atomic mass is 16.4. The molecule has 0 radical (unpaired) electrons. The smallest absolute Gasteiger partial charge is 0.323 e. The minimum absolute atomic E-state index is 0.0931. The number of anilines is 1. The molecule has 4 heteroatoms. The van der Waals surface area contributed by atoms with Gasteiger partial charge >= 0.3 is 5.97 Å². The van der Waals surface area contributed by atoms with Crippen molar-refractivity contribution < 1.29 is 9.90 Å². The topological polar surface area (TPSA) is 53.4 Å². The fourth-order valence-electron chi connectivity index (χ4n) is 1.26. The highest BCUT2D eigenvalue weighted by Gasteiger charge is 2.08. The van der Waals surface area contributed by atoms with E-state index in [1.807, 2.05) is 6.07 Å². The monoisotopic (exact) mass is 218 g/mol. The molecular weight excluding hydrogens is 204 g/mol. The fourth-order valence-corrected chi connectivity index (χ4v) is 1.26. The summed E-state index contributed by atoms with van der Waals surface area (Å²) in [6.45, 7) is 7.21. The van der Waals surface area contributed by atoms with Gasteiger partial charge in [-0.2, -0.15) is 0 Å². The molecule has 0 bridgehead atoms. The van der Waals surface area contributed by atoms with Crippen molar-refractivity contribution in [1.29, 1.82) is 0 Å². The van der Waals surface area contributed by atoms with E-state index in [4.69, 9.17) is 5.11 Å². The molecule has 1 aromatic heterocycles. The molecule has 16 heavy (non-hydrogen) atoms. The van der Waals surface area contributed by atoms with Crippen LogP contribution in [0.1, 0.15) is 11.3 Å². The molecule has 0 amide bonds. The van der Waals surface area contributed by atoms with E-state index in [-0.39, 0.29) is 6.54 Å². The Bertz CT molecular complexity index is 401. The number of pyridine rings is 1. The highest BCUT2D eigenvalue weighted by molar-refractivity contribution is 5.73. The van der Waals surface area contributed by atoms with Crippen LogP contribution in [-0.2, 0) is 4.79 Å². The van der Waals surface area contributed by atoms with E-state index in [9.17, 15) is 4.79 Å². The van der Waals surface area contributed by atoms with E-state index in [0.717, 1.165) is 5.56 Å². The third-order valence-corrected chi connectivity index (χ3v) is 2.06. The maximum absolute atomic E-state index is 10.6. The van der Waals surface area contributed by atoms with Gasteiger partial charge < -0.3 is 10.0 Å². The normalized spacial score (nSPS) is 9.56. The van der Waals surface area contributed by atoms with Crippen LogP contribution in [-0.4, -0.2) is 29.7 Å². The molecule has 1 heterocycles. The molecule has 0 spiro atoms. The van der Waals surface area contributed by atoms with Gasteiger partial charge in [0.2, 0.25) is 0 Å². The van der Waals surface area contributed by atoms with Crippen molar-refractivity contribution in [3.63, 3.8) is 0 Å². The summed E-state index contributed by atoms with van der Waals surface area (Å²) in [5.41, 5.74) is 1.58. The van der Waals surface area contributed by atoms with Crippen LogP contribution >= 0.6 is 0 Å². The van der Waals surface area contributed by atoms with Crippen LogP contribution in [0.15, 0.2) is 25.3 Å². The van der Waals surface area contributed by atoms with Gasteiger partial charge in [0.05, 0.1) is 5.69 Å². The minimum atomic E-state index is -0.895. The average Bonchev–Trinajstić information content (AvgIpc) is 2.27.